The van der Waals surface area contributed by atoms with Crippen molar-refractivity contribution < 1.29 is 19.4 Å². The Bertz CT molecular complexity index is 506. The number of aromatic carboxylic acids is 1. The maximum absolute atomic E-state index is 11.8. The molecule has 4 N–H and O–H groups in total. The molecule has 20 heavy (non-hydrogen) atoms. The van der Waals surface area contributed by atoms with Crippen molar-refractivity contribution in [1.29, 1.82) is 0 Å². The summed E-state index contributed by atoms with van der Waals surface area (Å²) in [5.74, 6) is -0.974. The molecule has 0 saturated carbocycles. The molecule has 0 heterocycles. The van der Waals surface area contributed by atoms with E-state index in [0.29, 0.717) is 12.2 Å². The van der Waals surface area contributed by atoms with E-state index in [1.54, 1.807) is 6.07 Å². The van der Waals surface area contributed by atoms with Gasteiger partial charge in [-0.25, -0.2) is 4.79 Å². The van der Waals surface area contributed by atoms with Gasteiger partial charge in [0.15, 0.2) is 0 Å². The van der Waals surface area contributed by atoms with Crippen LogP contribution in [0.4, 0.5) is 5.69 Å². The highest BCUT2D eigenvalue weighted by Crippen LogP contribution is 2.22. The zero-order valence-corrected chi connectivity index (χ0v) is 11.9. The lowest BCUT2D eigenvalue weighted by Gasteiger charge is -2.18. The lowest BCUT2D eigenvalue weighted by atomic mass is 10.00. The Morgan fingerprint density at radius 3 is 2.55 bits per heavy atom. The van der Waals surface area contributed by atoms with Gasteiger partial charge in [0.1, 0.15) is 5.75 Å². The van der Waals surface area contributed by atoms with Crippen molar-refractivity contribution in [3.05, 3.63) is 23.8 Å². The number of rotatable bonds is 6. The van der Waals surface area contributed by atoms with Crippen LogP contribution in [0.2, 0.25) is 0 Å². The number of ether oxygens (including phenoxy) is 1. The molecule has 0 unspecified atom stereocenters. The van der Waals surface area contributed by atoms with Crippen LogP contribution in [0, 0.1) is 0 Å². The Morgan fingerprint density at radius 2 is 2.05 bits per heavy atom. The molecular weight excluding hydrogens is 260 g/mol. The minimum absolute atomic E-state index is 0.00953. The highest BCUT2D eigenvalue weighted by molar-refractivity contribution is 6.00. The van der Waals surface area contributed by atoms with Crippen molar-refractivity contribution in [2.45, 2.75) is 32.2 Å². The van der Waals surface area contributed by atoms with Gasteiger partial charge in [0.25, 0.3) is 0 Å². The molecule has 0 aromatic heterocycles. The van der Waals surface area contributed by atoms with Gasteiger partial charge in [0, 0.05) is 12.0 Å². The fourth-order valence-corrected chi connectivity index (χ4v) is 1.58. The monoisotopic (exact) mass is 280 g/mol. The summed E-state index contributed by atoms with van der Waals surface area (Å²) in [7, 11) is 1.45. The van der Waals surface area contributed by atoms with Crippen LogP contribution in [-0.2, 0) is 4.79 Å². The Balaban J connectivity index is 2.81. The largest absolute Gasteiger partial charge is 0.497 e. The second kappa shape index (κ2) is 6.38. The van der Waals surface area contributed by atoms with Gasteiger partial charge in [0.05, 0.1) is 18.4 Å². The normalized spacial score (nSPS) is 11.0. The second-order valence-electron chi connectivity index (χ2n) is 5.25. The van der Waals surface area contributed by atoms with Gasteiger partial charge in [-0.15, -0.1) is 0 Å². The van der Waals surface area contributed by atoms with Gasteiger partial charge >= 0.3 is 5.97 Å². The highest BCUT2D eigenvalue weighted by atomic mass is 16.5. The lowest BCUT2D eigenvalue weighted by molar-refractivity contribution is -0.116. The van der Waals surface area contributed by atoms with Crippen LogP contribution < -0.4 is 15.8 Å². The van der Waals surface area contributed by atoms with E-state index < -0.39 is 11.5 Å². The summed E-state index contributed by atoms with van der Waals surface area (Å²) < 4.78 is 4.96. The number of benzene rings is 1. The van der Waals surface area contributed by atoms with Crippen molar-refractivity contribution >= 4 is 17.6 Å². The van der Waals surface area contributed by atoms with Gasteiger partial charge in [-0.3, -0.25) is 4.79 Å². The first-order valence-electron chi connectivity index (χ1n) is 6.23. The molecule has 1 aromatic carbocycles. The number of amides is 1. The maximum atomic E-state index is 11.8. The number of hydrogen-bond acceptors (Lipinski definition) is 4. The Kier molecular flexibility index (Phi) is 5.10. The van der Waals surface area contributed by atoms with Crippen LogP contribution in [0.15, 0.2) is 18.2 Å². The van der Waals surface area contributed by atoms with Crippen molar-refractivity contribution in [2.75, 3.05) is 12.4 Å². The third-order valence-electron chi connectivity index (χ3n) is 2.73. The fourth-order valence-electron chi connectivity index (χ4n) is 1.58. The smallest absolute Gasteiger partial charge is 0.337 e. The van der Waals surface area contributed by atoms with E-state index in [4.69, 9.17) is 15.6 Å². The maximum Gasteiger partial charge on any atom is 0.337 e. The van der Waals surface area contributed by atoms with Gasteiger partial charge in [-0.2, -0.15) is 0 Å². The van der Waals surface area contributed by atoms with E-state index in [2.05, 4.69) is 5.32 Å². The lowest BCUT2D eigenvalue weighted by Crippen LogP contribution is -2.33. The number of methoxy groups -OCH3 is 1. The summed E-state index contributed by atoms with van der Waals surface area (Å²) in [6.45, 7) is 3.66. The van der Waals surface area contributed by atoms with E-state index in [9.17, 15) is 9.59 Å². The Morgan fingerprint density at radius 1 is 1.40 bits per heavy atom. The first-order chi connectivity index (χ1) is 9.23. The predicted octanol–water partition coefficient (Wildman–Crippen LogP) is 1.85. The summed E-state index contributed by atoms with van der Waals surface area (Å²) in [6.07, 6.45) is 0.742. The molecule has 0 aliphatic carbocycles. The van der Waals surface area contributed by atoms with Crippen molar-refractivity contribution in [3.63, 3.8) is 0 Å². The highest BCUT2D eigenvalue weighted by Gasteiger charge is 2.16. The molecule has 0 fully saturated rings. The zero-order chi connectivity index (χ0) is 15.3. The second-order valence-corrected chi connectivity index (χ2v) is 5.25. The minimum atomic E-state index is -1.13. The molecule has 6 nitrogen and oxygen atoms in total. The molecule has 1 aromatic rings. The van der Waals surface area contributed by atoms with E-state index in [1.165, 1.54) is 19.2 Å². The molecule has 0 atom stereocenters. The molecule has 0 aliphatic heterocycles. The van der Waals surface area contributed by atoms with Crippen molar-refractivity contribution in [3.8, 4) is 5.75 Å². The Labute approximate surface area is 117 Å². The third-order valence-corrected chi connectivity index (χ3v) is 2.73. The molecule has 0 spiro atoms. The van der Waals surface area contributed by atoms with Gasteiger partial charge in [-0.05, 0) is 38.5 Å². The summed E-state index contributed by atoms with van der Waals surface area (Å²) in [6, 6.07) is 4.47. The number of carboxylic acid groups (broad SMARTS) is 1. The standard InChI is InChI=1S/C14H20N2O4/c1-14(2,15)7-6-12(17)16-11-5-4-9(20-3)8-10(11)13(18)19/h4-5,8H,6-7,15H2,1-3H3,(H,16,17)(H,18,19). The van der Waals surface area contributed by atoms with E-state index >= 15 is 0 Å². The molecule has 1 rings (SSSR count). The first kappa shape index (κ1) is 16.0. The molecule has 0 radical (unpaired) electrons. The number of anilines is 1. The first-order valence-corrected chi connectivity index (χ1v) is 6.23. The molecule has 0 aliphatic rings. The van der Waals surface area contributed by atoms with E-state index in [0.717, 1.165) is 0 Å². The van der Waals surface area contributed by atoms with Gasteiger partial charge < -0.3 is 20.9 Å². The molecule has 6 heteroatoms. The predicted molar refractivity (Wildman–Crippen MR) is 76.1 cm³/mol. The van der Waals surface area contributed by atoms with Crippen LogP contribution >= 0.6 is 0 Å². The third kappa shape index (κ3) is 4.89. The number of nitrogens with one attached hydrogen (secondary N) is 1. The summed E-state index contributed by atoms with van der Waals surface area (Å²) >= 11 is 0. The van der Waals surface area contributed by atoms with Gasteiger partial charge in [-0.1, -0.05) is 0 Å². The molecule has 0 bridgehead atoms. The SMILES string of the molecule is COc1ccc(NC(=O)CCC(C)(C)N)c(C(=O)O)c1. The average Bonchev–Trinajstić information content (AvgIpc) is 2.35. The minimum Gasteiger partial charge on any atom is -0.497 e. The van der Waals surface area contributed by atoms with Gasteiger partial charge in [0.2, 0.25) is 5.91 Å². The number of carbonyl (C=O) groups excluding carboxylic acids is 1. The van der Waals surface area contributed by atoms with Crippen LogP contribution in [0.3, 0.4) is 0 Å². The van der Waals surface area contributed by atoms with Crippen LogP contribution in [0.1, 0.15) is 37.0 Å². The van der Waals surface area contributed by atoms with Crippen LogP contribution in [0.25, 0.3) is 0 Å². The molecule has 1 amide bonds. The zero-order valence-electron chi connectivity index (χ0n) is 11.9. The molecule has 0 saturated heterocycles. The summed E-state index contributed by atoms with van der Waals surface area (Å²) in [4.78, 5) is 23.0. The molecule has 110 valence electrons. The number of carbonyl (C=O) groups is 2. The Hall–Kier alpha value is -2.08. The fraction of sp³-hybridized carbons (Fsp3) is 0.429. The van der Waals surface area contributed by atoms with Crippen LogP contribution in [-0.4, -0.2) is 29.6 Å². The summed E-state index contributed by atoms with van der Waals surface area (Å²) in [5, 5.41) is 11.7. The van der Waals surface area contributed by atoms with E-state index in [-0.39, 0.29) is 23.6 Å². The number of carboxylic acids is 1. The number of hydrogen-bond donors (Lipinski definition) is 3. The number of nitrogens with two attached hydrogens (primary N) is 1. The van der Waals surface area contributed by atoms with Crippen LogP contribution in [0.5, 0.6) is 5.75 Å². The van der Waals surface area contributed by atoms with E-state index in [1.807, 2.05) is 13.8 Å². The summed E-state index contributed by atoms with van der Waals surface area (Å²) in [5.41, 5.74) is 5.60. The van der Waals surface area contributed by atoms with Crippen molar-refractivity contribution in [2.24, 2.45) is 5.73 Å². The quantitative estimate of drug-likeness (QED) is 0.738. The topological polar surface area (TPSA) is 102 Å². The van der Waals surface area contributed by atoms with Crippen molar-refractivity contribution in [1.82, 2.24) is 0 Å². The molecular formula is C14H20N2O4. The average molecular weight is 280 g/mol.